The Morgan fingerprint density at radius 2 is 2.35 bits per heavy atom. The Hall–Kier alpha value is -0.650. The fraction of sp³-hybridized carbons (Fsp3) is 0.917. The molecule has 0 radical (unpaired) electrons. The quantitative estimate of drug-likeness (QED) is 0.700. The minimum atomic E-state index is -0.387. The molecule has 1 amide bonds. The van der Waals surface area contributed by atoms with E-state index in [1.54, 1.807) is 7.11 Å². The molecule has 98 valence electrons. The average molecular weight is 242 g/mol. The smallest absolute Gasteiger partial charge is 0.239 e. The summed E-state index contributed by atoms with van der Waals surface area (Å²) in [5.41, 5.74) is -0.217. The summed E-state index contributed by atoms with van der Waals surface area (Å²) < 4.78 is 5.48. The predicted octanol–water partition coefficient (Wildman–Crippen LogP) is -0.263. The van der Waals surface area contributed by atoms with Crippen molar-refractivity contribution in [2.24, 2.45) is 0 Å². The minimum Gasteiger partial charge on any atom is -0.392 e. The molecule has 2 saturated heterocycles. The maximum Gasteiger partial charge on any atom is 0.239 e. The van der Waals surface area contributed by atoms with Crippen LogP contribution >= 0.6 is 0 Å². The number of rotatable bonds is 2. The van der Waals surface area contributed by atoms with Gasteiger partial charge in [0.15, 0.2) is 0 Å². The number of ether oxygens (including phenoxy) is 1. The van der Waals surface area contributed by atoms with Gasteiger partial charge in [0.2, 0.25) is 5.91 Å². The Kier molecular flexibility index (Phi) is 3.70. The summed E-state index contributed by atoms with van der Waals surface area (Å²) in [6, 6.07) is -0.218. The first kappa shape index (κ1) is 12.8. The molecule has 0 saturated carbocycles. The lowest BCUT2D eigenvalue weighted by Crippen LogP contribution is -2.53. The van der Waals surface area contributed by atoms with Crippen LogP contribution in [-0.2, 0) is 9.53 Å². The highest BCUT2D eigenvalue weighted by Gasteiger charge is 2.37. The summed E-state index contributed by atoms with van der Waals surface area (Å²) in [6.07, 6.45) is 2.11. The summed E-state index contributed by atoms with van der Waals surface area (Å²) in [4.78, 5) is 14.1. The van der Waals surface area contributed by atoms with Crippen LogP contribution in [0.15, 0.2) is 0 Å². The zero-order chi connectivity index (χ0) is 12.5. The molecule has 2 rings (SSSR count). The van der Waals surface area contributed by atoms with Crippen LogP contribution in [0.2, 0.25) is 0 Å². The number of piperidine rings is 1. The van der Waals surface area contributed by atoms with Crippen LogP contribution in [0.1, 0.15) is 26.2 Å². The SMILES string of the molecule is COC1(C)CCCN(C(=O)C2CC(O)CN2)C1. The number of methoxy groups -OCH3 is 1. The van der Waals surface area contributed by atoms with Crippen LogP contribution in [0, 0.1) is 0 Å². The van der Waals surface area contributed by atoms with Crippen LogP contribution in [0.25, 0.3) is 0 Å². The summed E-state index contributed by atoms with van der Waals surface area (Å²) in [5.74, 6) is 0.101. The number of amides is 1. The fourth-order valence-electron chi connectivity index (χ4n) is 2.69. The largest absolute Gasteiger partial charge is 0.392 e. The molecular formula is C12H22N2O3. The fourth-order valence-corrected chi connectivity index (χ4v) is 2.69. The zero-order valence-corrected chi connectivity index (χ0v) is 10.6. The highest BCUT2D eigenvalue weighted by Crippen LogP contribution is 2.25. The van der Waals surface area contributed by atoms with Crippen molar-refractivity contribution in [3.63, 3.8) is 0 Å². The van der Waals surface area contributed by atoms with E-state index in [0.717, 1.165) is 19.4 Å². The van der Waals surface area contributed by atoms with Crippen molar-refractivity contribution in [1.29, 1.82) is 0 Å². The topological polar surface area (TPSA) is 61.8 Å². The molecule has 2 aliphatic rings. The van der Waals surface area contributed by atoms with E-state index < -0.39 is 0 Å². The average Bonchev–Trinajstić information content (AvgIpc) is 2.75. The number of nitrogens with zero attached hydrogens (tertiary/aromatic N) is 1. The van der Waals surface area contributed by atoms with Gasteiger partial charge in [0.05, 0.1) is 17.7 Å². The standard InChI is InChI=1S/C12H22N2O3/c1-12(17-2)4-3-5-14(8-12)11(16)10-6-9(15)7-13-10/h9-10,13,15H,3-8H2,1-2H3. The minimum absolute atomic E-state index is 0.101. The summed E-state index contributed by atoms with van der Waals surface area (Å²) in [6.45, 7) is 4.01. The van der Waals surface area contributed by atoms with Crippen molar-refractivity contribution in [2.45, 2.75) is 43.9 Å². The van der Waals surface area contributed by atoms with Gasteiger partial charge < -0.3 is 20.1 Å². The number of hydrogen-bond acceptors (Lipinski definition) is 4. The lowest BCUT2D eigenvalue weighted by molar-refractivity contribution is -0.141. The number of carbonyl (C=O) groups is 1. The number of aliphatic hydroxyl groups excluding tert-OH is 1. The van der Waals surface area contributed by atoms with Gasteiger partial charge in [-0.1, -0.05) is 0 Å². The summed E-state index contributed by atoms with van der Waals surface area (Å²) >= 11 is 0. The summed E-state index contributed by atoms with van der Waals surface area (Å²) in [7, 11) is 1.70. The van der Waals surface area contributed by atoms with E-state index in [9.17, 15) is 9.90 Å². The maximum atomic E-state index is 12.2. The molecule has 0 bridgehead atoms. The first-order valence-electron chi connectivity index (χ1n) is 6.29. The number of β-amino-alcohol motifs (C(OH)–C–C–N with tert-alkyl or cyclic N) is 1. The molecule has 2 fully saturated rings. The van der Waals surface area contributed by atoms with Crippen LogP contribution < -0.4 is 5.32 Å². The van der Waals surface area contributed by atoms with E-state index in [4.69, 9.17) is 4.74 Å². The lowest BCUT2D eigenvalue weighted by Gasteiger charge is -2.40. The molecule has 2 heterocycles. The molecule has 2 aliphatic heterocycles. The Morgan fingerprint density at radius 1 is 1.59 bits per heavy atom. The molecule has 0 aromatic carbocycles. The number of carbonyl (C=O) groups excluding carboxylic acids is 1. The molecule has 0 aliphatic carbocycles. The van der Waals surface area contributed by atoms with E-state index in [1.807, 2.05) is 11.8 Å². The van der Waals surface area contributed by atoms with Crippen LogP contribution in [0.3, 0.4) is 0 Å². The Balaban J connectivity index is 1.95. The van der Waals surface area contributed by atoms with Gasteiger partial charge >= 0.3 is 0 Å². The van der Waals surface area contributed by atoms with Gasteiger partial charge in [-0.2, -0.15) is 0 Å². The van der Waals surface area contributed by atoms with Crippen molar-refractivity contribution < 1.29 is 14.6 Å². The Bertz CT molecular complexity index is 297. The van der Waals surface area contributed by atoms with Crippen LogP contribution in [0.4, 0.5) is 0 Å². The first-order chi connectivity index (χ1) is 8.04. The van der Waals surface area contributed by atoms with Gasteiger partial charge in [-0.3, -0.25) is 4.79 Å². The highest BCUT2D eigenvalue weighted by molar-refractivity contribution is 5.82. The molecule has 5 heteroatoms. The monoisotopic (exact) mass is 242 g/mol. The lowest BCUT2D eigenvalue weighted by atomic mass is 9.94. The number of likely N-dealkylation sites (tertiary alicyclic amines) is 1. The van der Waals surface area contributed by atoms with Crippen molar-refractivity contribution in [3.8, 4) is 0 Å². The first-order valence-corrected chi connectivity index (χ1v) is 6.29. The van der Waals surface area contributed by atoms with Crippen LogP contribution in [0.5, 0.6) is 0 Å². The van der Waals surface area contributed by atoms with Gasteiger partial charge in [-0.05, 0) is 26.2 Å². The van der Waals surface area contributed by atoms with E-state index in [1.165, 1.54) is 0 Å². The molecule has 0 aromatic heterocycles. The highest BCUT2D eigenvalue weighted by atomic mass is 16.5. The molecule has 17 heavy (non-hydrogen) atoms. The molecule has 3 atom stereocenters. The molecule has 0 spiro atoms. The van der Waals surface area contributed by atoms with Crippen molar-refractivity contribution in [2.75, 3.05) is 26.7 Å². The van der Waals surface area contributed by atoms with Crippen molar-refractivity contribution >= 4 is 5.91 Å². The van der Waals surface area contributed by atoms with Crippen molar-refractivity contribution in [1.82, 2.24) is 10.2 Å². The number of aliphatic hydroxyl groups is 1. The number of nitrogens with one attached hydrogen (secondary N) is 1. The van der Waals surface area contributed by atoms with E-state index in [-0.39, 0.29) is 23.7 Å². The normalized spacial score (nSPS) is 38.4. The number of hydrogen-bond donors (Lipinski definition) is 2. The predicted molar refractivity (Wildman–Crippen MR) is 63.6 cm³/mol. The molecule has 3 unspecified atom stereocenters. The molecule has 2 N–H and O–H groups in total. The van der Waals surface area contributed by atoms with E-state index in [2.05, 4.69) is 5.32 Å². The molecular weight excluding hydrogens is 220 g/mol. The van der Waals surface area contributed by atoms with Gasteiger partial charge in [-0.15, -0.1) is 0 Å². The second-order valence-corrected chi connectivity index (χ2v) is 5.37. The van der Waals surface area contributed by atoms with Gasteiger partial charge in [0, 0.05) is 26.7 Å². The zero-order valence-electron chi connectivity index (χ0n) is 10.6. The van der Waals surface area contributed by atoms with E-state index >= 15 is 0 Å². The third-order valence-electron chi connectivity index (χ3n) is 3.87. The van der Waals surface area contributed by atoms with Gasteiger partial charge in [0.1, 0.15) is 0 Å². The van der Waals surface area contributed by atoms with Gasteiger partial charge in [-0.25, -0.2) is 0 Å². The maximum absolute atomic E-state index is 12.2. The Morgan fingerprint density at radius 3 is 2.94 bits per heavy atom. The van der Waals surface area contributed by atoms with Crippen LogP contribution in [-0.4, -0.2) is 60.4 Å². The molecule has 5 nitrogen and oxygen atoms in total. The third kappa shape index (κ3) is 2.78. The summed E-state index contributed by atoms with van der Waals surface area (Å²) in [5, 5.41) is 12.5. The Labute approximate surface area is 102 Å². The molecule has 0 aromatic rings. The van der Waals surface area contributed by atoms with Crippen molar-refractivity contribution in [3.05, 3.63) is 0 Å². The van der Waals surface area contributed by atoms with Gasteiger partial charge in [0.25, 0.3) is 0 Å². The third-order valence-corrected chi connectivity index (χ3v) is 3.87. The second kappa shape index (κ2) is 4.92. The second-order valence-electron chi connectivity index (χ2n) is 5.37. The van der Waals surface area contributed by atoms with E-state index in [0.29, 0.717) is 19.5 Å².